The van der Waals surface area contributed by atoms with Crippen LogP contribution in [0.2, 0.25) is 0 Å². The minimum absolute atomic E-state index is 0.0175. The van der Waals surface area contributed by atoms with Gasteiger partial charge in [-0.2, -0.15) is 0 Å². The molecular weight excluding hydrogens is 732 g/mol. The molecule has 6 rings (SSSR count). The minimum atomic E-state index is -4.13. The Labute approximate surface area is 327 Å². The summed E-state index contributed by atoms with van der Waals surface area (Å²) >= 11 is 1.73. The highest BCUT2D eigenvalue weighted by Crippen LogP contribution is 2.57. The second kappa shape index (κ2) is 19.0. The zero-order valence-corrected chi connectivity index (χ0v) is 32.5. The van der Waals surface area contributed by atoms with Crippen molar-refractivity contribution in [3.63, 3.8) is 0 Å². The van der Waals surface area contributed by atoms with E-state index in [0.29, 0.717) is 25.1 Å². The molecule has 11 heteroatoms. The predicted molar refractivity (Wildman–Crippen MR) is 216 cm³/mol. The summed E-state index contributed by atoms with van der Waals surface area (Å²) in [6.45, 7) is 1.50. The highest BCUT2D eigenvalue weighted by atomic mass is 32.2. The first kappa shape index (κ1) is 40.3. The monoisotopic (exact) mass is 778 g/mol. The fourth-order valence-electron chi connectivity index (χ4n) is 6.40. The van der Waals surface area contributed by atoms with Gasteiger partial charge in [-0.05, 0) is 47.6 Å². The molecule has 2 atom stereocenters. The lowest BCUT2D eigenvalue weighted by molar-refractivity contribution is -0.137. The third kappa shape index (κ3) is 10.5. The van der Waals surface area contributed by atoms with Gasteiger partial charge in [-0.15, -0.1) is 11.8 Å². The van der Waals surface area contributed by atoms with Crippen LogP contribution in [0.3, 0.4) is 0 Å². The van der Waals surface area contributed by atoms with E-state index in [-0.39, 0.29) is 25.6 Å². The molecule has 1 amide bonds. The van der Waals surface area contributed by atoms with Gasteiger partial charge < -0.3 is 10.4 Å². The molecule has 1 aliphatic carbocycles. The standard InChI is InChI=1S/C44H47N2O7PS/c1-34(47)41(45-29-30-55-44(37-21-11-4-12-22-37,38-23-13-5-14-24-38)39-25-15-6-16-26-39)46-42(49)40(48)43(27-28-43)33-53-54(50,51-31-35-17-7-2-8-18-35)52-32-36-19-9-3-10-20-36/h2-26,40-41,45,48H,27-33H2,1H3,(H,46,49). The Kier molecular flexibility index (Phi) is 13.9. The summed E-state index contributed by atoms with van der Waals surface area (Å²) in [5, 5.41) is 17.2. The second-order valence-electron chi connectivity index (χ2n) is 13.6. The molecule has 0 saturated heterocycles. The molecule has 0 heterocycles. The normalized spacial score (nSPS) is 14.8. The largest absolute Gasteiger partial charge is 0.475 e. The molecule has 5 aromatic rings. The number of hydrogen-bond acceptors (Lipinski definition) is 9. The van der Waals surface area contributed by atoms with Crippen molar-refractivity contribution in [1.29, 1.82) is 0 Å². The van der Waals surface area contributed by atoms with Crippen LogP contribution in [0.15, 0.2) is 152 Å². The van der Waals surface area contributed by atoms with Gasteiger partial charge in [0.15, 0.2) is 5.78 Å². The molecule has 0 radical (unpaired) electrons. The van der Waals surface area contributed by atoms with Crippen LogP contribution < -0.4 is 10.6 Å². The Bertz CT molecular complexity index is 1860. The van der Waals surface area contributed by atoms with E-state index >= 15 is 0 Å². The lowest BCUT2D eigenvalue weighted by Crippen LogP contribution is -2.55. The third-order valence-electron chi connectivity index (χ3n) is 9.70. The van der Waals surface area contributed by atoms with Crippen LogP contribution in [0.1, 0.15) is 47.6 Å². The zero-order valence-electron chi connectivity index (χ0n) is 30.8. The van der Waals surface area contributed by atoms with E-state index in [4.69, 9.17) is 13.6 Å². The Hall–Kier alpha value is -4.38. The number of carbonyl (C=O) groups excluding carboxylic acids is 2. The van der Waals surface area contributed by atoms with Crippen LogP contribution >= 0.6 is 19.6 Å². The maximum absolute atomic E-state index is 13.9. The average Bonchev–Trinajstić information content (AvgIpc) is 4.04. The smallest absolute Gasteiger partial charge is 0.383 e. The molecule has 55 heavy (non-hydrogen) atoms. The maximum Gasteiger partial charge on any atom is 0.475 e. The Balaban J connectivity index is 1.09. The molecule has 286 valence electrons. The Morgan fingerprint density at radius 2 is 1.13 bits per heavy atom. The van der Waals surface area contributed by atoms with Crippen molar-refractivity contribution in [2.24, 2.45) is 5.41 Å². The number of phosphoric ester groups is 1. The van der Waals surface area contributed by atoms with Crippen LogP contribution in [-0.4, -0.2) is 48.0 Å². The number of rotatable bonds is 21. The van der Waals surface area contributed by atoms with E-state index in [9.17, 15) is 19.3 Å². The number of amides is 1. The van der Waals surface area contributed by atoms with Crippen LogP contribution in [-0.2, 0) is 45.7 Å². The number of benzene rings is 5. The Morgan fingerprint density at radius 1 is 0.709 bits per heavy atom. The van der Waals surface area contributed by atoms with Gasteiger partial charge in [0.2, 0.25) is 0 Å². The quantitative estimate of drug-likeness (QED) is 0.0294. The summed E-state index contributed by atoms with van der Waals surface area (Å²) in [5.41, 5.74) is 3.91. The van der Waals surface area contributed by atoms with Crippen molar-refractivity contribution in [3.8, 4) is 0 Å². The molecule has 1 aliphatic rings. The molecule has 5 aromatic carbocycles. The molecule has 0 aromatic heterocycles. The average molecular weight is 779 g/mol. The molecule has 3 N–H and O–H groups in total. The van der Waals surface area contributed by atoms with E-state index in [2.05, 4.69) is 47.0 Å². The van der Waals surface area contributed by atoms with Crippen LogP contribution in [0.4, 0.5) is 0 Å². The summed E-state index contributed by atoms with van der Waals surface area (Å²) in [5.74, 6) is -0.445. The number of thioether (sulfide) groups is 1. The number of Topliss-reactive ketones (excluding diaryl/α,β-unsaturated/α-hetero) is 1. The van der Waals surface area contributed by atoms with Crippen molar-refractivity contribution in [3.05, 3.63) is 179 Å². The van der Waals surface area contributed by atoms with Crippen molar-refractivity contribution < 1.29 is 32.8 Å². The lowest BCUT2D eigenvalue weighted by Gasteiger charge is -2.35. The number of ketones is 1. The van der Waals surface area contributed by atoms with Gasteiger partial charge in [0.25, 0.3) is 5.91 Å². The molecule has 0 aliphatic heterocycles. The van der Waals surface area contributed by atoms with Gasteiger partial charge in [-0.3, -0.25) is 28.5 Å². The first-order chi connectivity index (χ1) is 26.7. The van der Waals surface area contributed by atoms with Crippen LogP contribution in [0.5, 0.6) is 0 Å². The second-order valence-corrected chi connectivity index (χ2v) is 16.6. The van der Waals surface area contributed by atoms with Crippen molar-refractivity contribution in [1.82, 2.24) is 10.6 Å². The summed E-state index contributed by atoms with van der Waals surface area (Å²) in [4.78, 5) is 26.3. The number of phosphoric acid groups is 1. The maximum atomic E-state index is 13.9. The van der Waals surface area contributed by atoms with E-state index in [1.54, 1.807) is 11.8 Å². The number of hydrogen-bond donors (Lipinski definition) is 3. The molecule has 9 nitrogen and oxygen atoms in total. The summed E-state index contributed by atoms with van der Waals surface area (Å²) in [7, 11) is -4.13. The van der Waals surface area contributed by atoms with E-state index in [1.165, 1.54) is 6.92 Å². The van der Waals surface area contributed by atoms with Gasteiger partial charge in [0.05, 0.1) is 24.6 Å². The summed E-state index contributed by atoms with van der Waals surface area (Å²) < 4.78 is 30.6. The lowest BCUT2D eigenvalue weighted by atomic mass is 9.84. The summed E-state index contributed by atoms with van der Waals surface area (Å²) in [6.07, 6.45) is -1.65. The number of aliphatic hydroxyl groups excluding tert-OH is 1. The van der Waals surface area contributed by atoms with E-state index < -0.39 is 36.2 Å². The minimum Gasteiger partial charge on any atom is -0.383 e. The predicted octanol–water partition coefficient (Wildman–Crippen LogP) is 8.03. The number of carbonyl (C=O) groups is 2. The van der Waals surface area contributed by atoms with E-state index in [1.807, 2.05) is 115 Å². The fourth-order valence-corrected chi connectivity index (χ4v) is 9.09. The molecule has 1 fully saturated rings. The van der Waals surface area contributed by atoms with Gasteiger partial charge in [-0.25, -0.2) is 4.57 Å². The van der Waals surface area contributed by atoms with Gasteiger partial charge in [0.1, 0.15) is 12.3 Å². The van der Waals surface area contributed by atoms with Crippen molar-refractivity contribution in [2.75, 3.05) is 18.9 Å². The topological polar surface area (TPSA) is 123 Å². The number of aliphatic hydroxyl groups is 1. The van der Waals surface area contributed by atoms with Gasteiger partial charge in [-0.1, -0.05) is 152 Å². The molecular formula is C44H47N2O7PS. The Morgan fingerprint density at radius 3 is 1.53 bits per heavy atom. The van der Waals surface area contributed by atoms with Crippen LogP contribution in [0, 0.1) is 5.41 Å². The van der Waals surface area contributed by atoms with E-state index in [0.717, 1.165) is 27.8 Å². The fraction of sp³-hybridized carbons (Fsp3) is 0.273. The van der Waals surface area contributed by atoms with Crippen LogP contribution in [0.25, 0.3) is 0 Å². The molecule has 1 saturated carbocycles. The zero-order chi connectivity index (χ0) is 38.6. The summed E-state index contributed by atoms with van der Waals surface area (Å²) in [6, 6.07) is 49.4. The SMILES string of the molecule is CC(=O)C(NCCSC(c1ccccc1)(c1ccccc1)c1ccccc1)NC(=O)C(O)C1(COP(=O)(OCc2ccccc2)OCc2ccccc2)CC1. The highest BCUT2D eigenvalue weighted by molar-refractivity contribution is 8.00. The first-order valence-electron chi connectivity index (χ1n) is 18.4. The van der Waals surface area contributed by atoms with Gasteiger partial charge >= 0.3 is 7.82 Å². The van der Waals surface area contributed by atoms with Crippen molar-refractivity contribution in [2.45, 2.75) is 50.0 Å². The highest BCUT2D eigenvalue weighted by Gasteiger charge is 2.54. The van der Waals surface area contributed by atoms with Gasteiger partial charge in [0, 0.05) is 17.7 Å². The molecule has 0 spiro atoms. The number of nitrogens with one attached hydrogen (secondary N) is 2. The first-order valence-corrected chi connectivity index (χ1v) is 20.8. The molecule has 0 bridgehead atoms. The third-order valence-corrected chi connectivity index (χ3v) is 12.6. The van der Waals surface area contributed by atoms with Crippen molar-refractivity contribution >= 4 is 31.3 Å². The molecule has 2 unspecified atom stereocenters.